The molecule has 10 nitrogen and oxygen atoms in total. The molecule has 1 aliphatic heterocycles. The van der Waals surface area contributed by atoms with E-state index < -0.39 is 41.7 Å². The van der Waals surface area contributed by atoms with E-state index in [-0.39, 0.29) is 17.7 Å². The Morgan fingerprint density at radius 1 is 0.912 bits per heavy atom. The van der Waals surface area contributed by atoms with Gasteiger partial charge in [-0.25, -0.2) is 9.59 Å². The van der Waals surface area contributed by atoms with E-state index in [1.807, 2.05) is 13.8 Å². The molecule has 4 amide bonds. The van der Waals surface area contributed by atoms with Crippen LogP contribution in [-0.2, 0) is 9.47 Å². The number of fused-ring (bicyclic) bond motifs is 1. The van der Waals surface area contributed by atoms with Gasteiger partial charge in [0.2, 0.25) is 0 Å². The number of hydrogen-bond donors (Lipinski definition) is 3. The number of nitrogens with one attached hydrogen (secondary N) is 2. The zero-order valence-corrected chi connectivity index (χ0v) is 20.4. The van der Waals surface area contributed by atoms with Crippen molar-refractivity contribution in [2.75, 3.05) is 19.6 Å². The van der Waals surface area contributed by atoms with Crippen molar-refractivity contribution in [3.05, 3.63) is 35.4 Å². The van der Waals surface area contributed by atoms with Gasteiger partial charge < -0.3 is 25.8 Å². The molecule has 0 saturated heterocycles. The predicted molar refractivity (Wildman–Crippen MR) is 126 cm³/mol. The molecule has 2 rings (SSSR count). The molecule has 0 radical (unpaired) electrons. The first kappa shape index (κ1) is 27.1. The van der Waals surface area contributed by atoms with Crippen LogP contribution in [0.1, 0.15) is 74.1 Å². The van der Waals surface area contributed by atoms with Crippen LogP contribution >= 0.6 is 0 Å². The van der Waals surface area contributed by atoms with Crippen molar-refractivity contribution in [1.29, 1.82) is 0 Å². The van der Waals surface area contributed by atoms with Gasteiger partial charge in [0.1, 0.15) is 17.7 Å². The fourth-order valence-electron chi connectivity index (χ4n) is 4.03. The third kappa shape index (κ3) is 5.67. The smallest absolute Gasteiger partial charge is 0.407 e. The van der Waals surface area contributed by atoms with E-state index >= 15 is 0 Å². The minimum absolute atomic E-state index is 0.213. The van der Waals surface area contributed by atoms with E-state index in [0.717, 1.165) is 30.6 Å². The number of carbonyl (C=O) groups excluding carboxylic acids is 4. The van der Waals surface area contributed by atoms with Crippen LogP contribution in [0.4, 0.5) is 9.59 Å². The van der Waals surface area contributed by atoms with Crippen LogP contribution in [-0.4, -0.2) is 66.3 Å². The Balaban J connectivity index is 2.39. The number of nitrogens with zero attached hydrogens (tertiary/aromatic N) is 1. The molecule has 1 heterocycles. The van der Waals surface area contributed by atoms with Crippen LogP contribution in [0.15, 0.2) is 24.3 Å². The molecule has 188 valence electrons. The van der Waals surface area contributed by atoms with Crippen LogP contribution in [0.2, 0.25) is 0 Å². The normalized spacial score (nSPS) is 16.3. The third-order valence-corrected chi connectivity index (χ3v) is 6.11. The topological polar surface area (TPSA) is 140 Å². The lowest BCUT2D eigenvalue weighted by Gasteiger charge is -2.46. The number of carbonyl (C=O) groups is 4. The third-order valence-electron chi connectivity index (χ3n) is 6.11. The lowest BCUT2D eigenvalue weighted by molar-refractivity contribution is -0.0687. The number of unbranched alkanes of at least 4 members (excludes halogenated alkanes) is 2. The maximum Gasteiger partial charge on any atom is 0.407 e. The molecule has 0 saturated carbocycles. The standard InChI is InChI=1S/C24H36N4O6/c1-5-7-13-26-22(31)33-16(3)24(15-25,17(4)34-23(32)27-14-8-6-2)28-20(29)18-11-9-10-12-19(18)21(28)30/h9-12,16-17H,5-8,13-15,25H2,1-4H3,(H,26,31)(H,27,32). The largest absolute Gasteiger partial charge is 0.444 e. The highest BCUT2D eigenvalue weighted by molar-refractivity contribution is 6.22. The van der Waals surface area contributed by atoms with E-state index in [9.17, 15) is 19.2 Å². The van der Waals surface area contributed by atoms with Gasteiger partial charge in [-0.05, 0) is 38.8 Å². The highest BCUT2D eigenvalue weighted by Gasteiger charge is 2.57. The van der Waals surface area contributed by atoms with Crippen molar-refractivity contribution < 1.29 is 28.7 Å². The van der Waals surface area contributed by atoms with Gasteiger partial charge in [0, 0.05) is 19.6 Å². The summed E-state index contributed by atoms with van der Waals surface area (Å²) in [6.45, 7) is 7.57. The summed E-state index contributed by atoms with van der Waals surface area (Å²) in [4.78, 5) is 52.5. The van der Waals surface area contributed by atoms with E-state index in [1.54, 1.807) is 24.3 Å². The number of rotatable bonds is 12. The second-order valence-electron chi connectivity index (χ2n) is 8.34. The first-order valence-corrected chi connectivity index (χ1v) is 11.8. The fraction of sp³-hybridized carbons (Fsp3) is 0.583. The Morgan fingerprint density at radius 3 is 1.68 bits per heavy atom. The summed E-state index contributed by atoms with van der Waals surface area (Å²) in [6.07, 6.45) is -0.293. The number of benzene rings is 1. The molecule has 4 N–H and O–H groups in total. The second-order valence-corrected chi connectivity index (χ2v) is 8.34. The molecule has 1 aromatic carbocycles. The first-order valence-electron chi connectivity index (χ1n) is 11.8. The predicted octanol–water partition coefficient (Wildman–Crippen LogP) is 2.81. The van der Waals surface area contributed by atoms with E-state index in [1.165, 1.54) is 13.8 Å². The van der Waals surface area contributed by atoms with Gasteiger partial charge in [0.15, 0.2) is 0 Å². The molecule has 1 aliphatic rings. The summed E-state index contributed by atoms with van der Waals surface area (Å²) in [5.41, 5.74) is 4.96. The molecule has 10 heteroatoms. The maximum atomic E-state index is 13.4. The summed E-state index contributed by atoms with van der Waals surface area (Å²) in [5, 5.41) is 5.29. The quantitative estimate of drug-likeness (QED) is 0.311. The molecule has 0 bridgehead atoms. The minimum Gasteiger partial charge on any atom is -0.444 e. The monoisotopic (exact) mass is 476 g/mol. The van der Waals surface area contributed by atoms with E-state index in [4.69, 9.17) is 15.2 Å². The Bertz CT molecular complexity index is 825. The molecular formula is C24H36N4O6. The lowest BCUT2D eigenvalue weighted by Crippen LogP contribution is -2.69. The number of hydrogen-bond acceptors (Lipinski definition) is 7. The Kier molecular flexibility index (Phi) is 9.85. The second kappa shape index (κ2) is 12.4. The molecule has 0 fully saturated rings. The highest BCUT2D eigenvalue weighted by atomic mass is 16.6. The van der Waals surface area contributed by atoms with Crippen LogP contribution in [0.3, 0.4) is 0 Å². The molecule has 2 unspecified atom stereocenters. The van der Waals surface area contributed by atoms with Crippen LogP contribution < -0.4 is 16.4 Å². The average molecular weight is 477 g/mol. The lowest BCUT2D eigenvalue weighted by atomic mass is 9.85. The number of nitrogens with two attached hydrogens (primary N) is 1. The summed E-state index contributed by atoms with van der Waals surface area (Å²) in [6, 6.07) is 6.39. The van der Waals surface area contributed by atoms with Crippen molar-refractivity contribution >= 4 is 24.0 Å². The first-order chi connectivity index (χ1) is 16.2. The Hall–Kier alpha value is -3.14. The van der Waals surface area contributed by atoms with Crippen LogP contribution in [0.5, 0.6) is 0 Å². The molecule has 0 spiro atoms. The summed E-state index contributed by atoms with van der Waals surface area (Å²) < 4.78 is 11.1. The number of imide groups is 1. The Labute approximate surface area is 200 Å². The molecule has 0 aromatic heterocycles. The van der Waals surface area contributed by atoms with Crippen molar-refractivity contribution in [2.24, 2.45) is 5.73 Å². The van der Waals surface area contributed by atoms with Crippen LogP contribution in [0.25, 0.3) is 0 Å². The van der Waals surface area contributed by atoms with Gasteiger partial charge in [0.05, 0.1) is 11.1 Å². The van der Waals surface area contributed by atoms with Gasteiger partial charge >= 0.3 is 12.2 Å². The molecule has 1 aromatic rings. The average Bonchev–Trinajstić information content (AvgIpc) is 3.06. The van der Waals surface area contributed by atoms with Crippen molar-refractivity contribution in [1.82, 2.24) is 15.5 Å². The molecular weight excluding hydrogens is 440 g/mol. The molecule has 2 atom stereocenters. The van der Waals surface area contributed by atoms with Gasteiger partial charge in [-0.15, -0.1) is 0 Å². The van der Waals surface area contributed by atoms with E-state index in [0.29, 0.717) is 13.1 Å². The Morgan fingerprint density at radius 2 is 1.32 bits per heavy atom. The minimum atomic E-state index is -1.64. The van der Waals surface area contributed by atoms with Gasteiger partial charge in [-0.1, -0.05) is 38.8 Å². The molecule has 0 aliphatic carbocycles. The SMILES string of the molecule is CCCCNC(=O)OC(C)C(CN)(C(C)OC(=O)NCCCC)N1C(=O)c2ccccc2C1=O. The number of amides is 4. The number of alkyl carbamates (subject to hydrolysis) is 2. The summed E-state index contributed by atoms with van der Waals surface area (Å²) >= 11 is 0. The fourth-order valence-corrected chi connectivity index (χ4v) is 4.03. The summed E-state index contributed by atoms with van der Waals surface area (Å²) in [7, 11) is 0. The molecule has 34 heavy (non-hydrogen) atoms. The van der Waals surface area contributed by atoms with Crippen molar-refractivity contribution in [2.45, 2.75) is 71.1 Å². The van der Waals surface area contributed by atoms with Gasteiger partial charge in [-0.3, -0.25) is 14.5 Å². The maximum absolute atomic E-state index is 13.4. The van der Waals surface area contributed by atoms with Crippen molar-refractivity contribution in [3.63, 3.8) is 0 Å². The van der Waals surface area contributed by atoms with Gasteiger partial charge in [-0.2, -0.15) is 0 Å². The van der Waals surface area contributed by atoms with E-state index in [2.05, 4.69) is 10.6 Å². The highest BCUT2D eigenvalue weighted by Crippen LogP contribution is 2.36. The zero-order chi connectivity index (χ0) is 25.3. The van der Waals surface area contributed by atoms with Crippen molar-refractivity contribution in [3.8, 4) is 0 Å². The van der Waals surface area contributed by atoms with Gasteiger partial charge in [0.25, 0.3) is 11.8 Å². The summed E-state index contributed by atoms with van der Waals surface area (Å²) in [5.74, 6) is -1.18. The van der Waals surface area contributed by atoms with Crippen LogP contribution in [0, 0.1) is 0 Å². The number of ether oxygens (including phenoxy) is 2. The zero-order valence-electron chi connectivity index (χ0n) is 20.4.